The van der Waals surface area contributed by atoms with E-state index in [9.17, 15) is 0 Å². The Bertz CT molecular complexity index is 471. The molecule has 0 aromatic carbocycles. The summed E-state index contributed by atoms with van der Waals surface area (Å²) in [7, 11) is 0. The molecule has 0 atom stereocenters. The number of nitrogens with one attached hydrogen (secondary N) is 1. The minimum Gasteiger partial charge on any atom is -0.340 e. The summed E-state index contributed by atoms with van der Waals surface area (Å²) >= 11 is 5.17. The number of rotatable bonds is 4. The Labute approximate surface area is 92.1 Å². The van der Waals surface area contributed by atoms with Crippen molar-refractivity contribution in [2.75, 3.05) is 0 Å². The van der Waals surface area contributed by atoms with E-state index in [1.54, 1.807) is 0 Å². The van der Waals surface area contributed by atoms with E-state index in [1.165, 1.54) is 12.0 Å². The Morgan fingerprint density at radius 3 is 3.13 bits per heavy atom. The molecule has 6 heteroatoms. The van der Waals surface area contributed by atoms with E-state index in [-0.39, 0.29) is 0 Å². The van der Waals surface area contributed by atoms with Gasteiger partial charge in [0.15, 0.2) is 11.1 Å². The monoisotopic (exact) mass is 224 g/mol. The molecule has 0 aliphatic carbocycles. The molecule has 2 heterocycles. The highest BCUT2D eigenvalue weighted by atomic mass is 32.1. The second-order valence-corrected chi connectivity index (χ2v) is 3.56. The van der Waals surface area contributed by atoms with Crippen molar-refractivity contribution in [3.63, 3.8) is 0 Å². The first-order valence-corrected chi connectivity index (χ1v) is 5.24. The van der Waals surface area contributed by atoms with Crippen LogP contribution in [0.5, 0.6) is 0 Å². The molecular weight excluding hydrogens is 212 g/mol. The highest BCUT2D eigenvalue weighted by molar-refractivity contribution is 7.71. The maximum atomic E-state index is 5.17. The van der Waals surface area contributed by atoms with Crippen LogP contribution in [0.25, 0.3) is 0 Å². The zero-order valence-corrected chi connectivity index (χ0v) is 9.25. The van der Waals surface area contributed by atoms with Gasteiger partial charge in [-0.3, -0.25) is 0 Å². The lowest BCUT2D eigenvalue weighted by molar-refractivity contribution is 0.370. The molecule has 2 aromatic heterocycles. The van der Waals surface area contributed by atoms with Gasteiger partial charge in [-0.15, -0.1) is 0 Å². The van der Waals surface area contributed by atoms with Crippen LogP contribution >= 0.6 is 12.2 Å². The average molecular weight is 224 g/mol. The van der Waals surface area contributed by atoms with Gasteiger partial charge in [0.05, 0.1) is 0 Å². The SMILES string of the molecule is CCc1c[nH]c(=S)n1CCc1ncno1. The number of aromatic nitrogens is 4. The van der Waals surface area contributed by atoms with Gasteiger partial charge in [0.25, 0.3) is 0 Å². The van der Waals surface area contributed by atoms with Crippen molar-refractivity contribution in [3.8, 4) is 0 Å². The Balaban J connectivity index is 2.10. The molecule has 80 valence electrons. The van der Waals surface area contributed by atoms with Crippen molar-refractivity contribution in [1.82, 2.24) is 19.7 Å². The van der Waals surface area contributed by atoms with Gasteiger partial charge in [-0.1, -0.05) is 12.1 Å². The summed E-state index contributed by atoms with van der Waals surface area (Å²) < 4.78 is 7.72. The summed E-state index contributed by atoms with van der Waals surface area (Å²) in [5.74, 6) is 0.639. The van der Waals surface area contributed by atoms with E-state index in [0.717, 1.165) is 17.7 Å². The highest BCUT2D eigenvalue weighted by Gasteiger charge is 2.04. The summed E-state index contributed by atoms with van der Waals surface area (Å²) in [4.78, 5) is 6.99. The number of imidazole rings is 1. The minimum atomic E-state index is 0.639. The van der Waals surface area contributed by atoms with Gasteiger partial charge in [0.1, 0.15) is 0 Å². The Morgan fingerprint density at radius 1 is 1.60 bits per heavy atom. The molecule has 0 bridgehead atoms. The quantitative estimate of drug-likeness (QED) is 0.803. The molecule has 0 saturated heterocycles. The molecule has 0 aliphatic heterocycles. The number of aryl methyl sites for hydroxylation is 2. The van der Waals surface area contributed by atoms with Gasteiger partial charge in [0, 0.05) is 24.9 Å². The first-order valence-electron chi connectivity index (χ1n) is 4.84. The Hall–Kier alpha value is -1.43. The summed E-state index contributed by atoms with van der Waals surface area (Å²) in [5.41, 5.74) is 1.19. The van der Waals surface area contributed by atoms with Crippen molar-refractivity contribution in [2.45, 2.75) is 26.3 Å². The van der Waals surface area contributed by atoms with Crippen LogP contribution in [0, 0.1) is 4.77 Å². The predicted molar refractivity (Wildman–Crippen MR) is 57.0 cm³/mol. The highest BCUT2D eigenvalue weighted by Crippen LogP contribution is 2.05. The third-order valence-electron chi connectivity index (χ3n) is 2.27. The molecular formula is C9H12N4OS. The minimum absolute atomic E-state index is 0.639. The Morgan fingerprint density at radius 2 is 2.47 bits per heavy atom. The maximum absolute atomic E-state index is 5.17. The fourth-order valence-electron chi connectivity index (χ4n) is 1.48. The largest absolute Gasteiger partial charge is 0.340 e. The molecule has 15 heavy (non-hydrogen) atoms. The molecule has 2 rings (SSSR count). The first-order chi connectivity index (χ1) is 7.31. The summed E-state index contributed by atoms with van der Waals surface area (Å²) in [6, 6.07) is 0. The number of H-pyrrole nitrogens is 1. The molecule has 0 aliphatic rings. The van der Waals surface area contributed by atoms with Crippen LogP contribution in [0.2, 0.25) is 0 Å². The molecule has 0 saturated carbocycles. The third-order valence-corrected chi connectivity index (χ3v) is 2.61. The molecule has 5 nitrogen and oxygen atoms in total. The topological polar surface area (TPSA) is 59.6 Å². The van der Waals surface area contributed by atoms with Gasteiger partial charge >= 0.3 is 0 Å². The fourth-order valence-corrected chi connectivity index (χ4v) is 1.75. The van der Waals surface area contributed by atoms with Gasteiger partial charge < -0.3 is 14.1 Å². The predicted octanol–water partition coefficient (Wildman–Crippen LogP) is 1.73. The third kappa shape index (κ3) is 2.15. The maximum Gasteiger partial charge on any atom is 0.228 e. The summed E-state index contributed by atoms with van der Waals surface area (Å²) in [6.45, 7) is 2.87. The molecule has 2 aromatic rings. The number of hydrogen-bond donors (Lipinski definition) is 1. The van der Waals surface area contributed by atoms with Crippen molar-refractivity contribution in [3.05, 3.63) is 28.9 Å². The molecule has 0 spiro atoms. The molecule has 0 amide bonds. The number of hydrogen-bond acceptors (Lipinski definition) is 4. The van der Waals surface area contributed by atoms with E-state index in [2.05, 4.69) is 26.6 Å². The van der Waals surface area contributed by atoms with E-state index in [0.29, 0.717) is 12.3 Å². The summed E-state index contributed by atoms with van der Waals surface area (Å²) in [6.07, 6.45) is 5.01. The van der Waals surface area contributed by atoms with Gasteiger partial charge in [-0.25, -0.2) is 0 Å². The summed E-state index contributed by atoms with van der Waals surface area (Å²) in [5, 5.41) is 3.56. The normalized spacial score (nSPS) is 10.7. The second kappa shape index (κ2) is 4.39. The number of aromatic amines is 1. The van der Waals surface area contributed by atoms with Crippen molar-refractivity contribution >= 4 is 12.2 Å². The van der Waals surface area contributed by atoms with Crippen molar-refractivity contribution < 1.29 is 4.52 Å². The Kier molecular flexibility index (Phi) is 2.96. The number of nitrogens with zero attached hydrogens (tertiary/aromatic N) is 3. The molecule has 0 fully saturated rings. The first kappa shape index (κ1) is 10.1. The van der Waals surface area contributed by atoms with Crippen molar-refractivity contribution in [2.24, 2.45) is 0 Å². The van der Waals surface area contributed by atoms with Crippen LogP contribution in [0.3, 0.4) is 0 Å². The molecule has 0 unspecified atom stereocenters. The fraction of sp³-hybridized carbons (Fsp3) is 0.444. The van der Waals surface area contributed by atoms with Crippen LogP contribution in [0.15, 0.2) is 17.0 Å². The van der Waals surface area contributed by atoms with Gasteiger partial charge in [0.2, 0.25) is 5.89 Å². The lowest BCUT2D eigenvalue weighted by Gasteiger charge is -2.03. The van der Waals surface area contributed by atoms with Crippen LogP contribution in [-0.2, 0) is 19.4 Å². The smallest absolute Gasteiger partial charge is 0.228 e. The van der Waals surface area contributed by atoms with Crippen molar-refractivity contribution in [1.29, 1.82) is 0 Å². The van der Waals surface area contributed by atoms with Gasteiger partial charge in [-0.05, 0) is 18.6 Å². The van der Waals surface area contributed by atoms with Crippen LogP contribution in [0.4, 0.5) is 0 Å². The van der Waals surface area contributed by atoms with Gasteiger partial charge in [-0.2, -0.15) is 4.98 Å². The average Bonchev–Trinajstić information content (AvgIpc) is 2.84. The standard InChI is InChI=1S/C9H12N4OS/c1-2-7-5-10-9(15)13(7)4-3-8-11-6-12-14-8/h5-6H,2-4H2,1H3,(H,10,15). The lowest BCUT2D eigenvalue weighted by atomic mass is 10.3. The molecule has 1 N–H and O–H groups in total. The van der Waals surface area contributed by atoms with Crippen LogP contribution in [-0.4, -0.2) is 19.7 Å². The van der Waals surface area contributed by atoms with E-state index in [4.69, 9.17) is 16.7 Å². The van der Waals surface area contributed by atoms with E-state index in [1.807, 2.05) is 6.20 Å². The van der Waals surface area contributed by atoms with Crippen LogP contribution < -0.4 is 0 Å². The zero-order valence-electron chi connectivity index (χ0n) is 8.43. The lowest BCUT2D eigenvalue weighted by Crippen LogP contribution is -2.05. The second-order valence-electron chi connectivity index (χ2n) is 3.18. The molecule has 0 radical (unpaired) electrons. The van der Waals surface area contributed by atoms with Crippen LogP contribution in [0.1, 0.15) is 18.5 Å². The van der Waals surface area contributed by atoms with E-state index < -0.39 is 0 Å². The zero-order chi connectivity index (χ0) is 10.7. The van der Waals surface area contributed by atoms with E-state index >= 15 is 0 Å².